The Morgan fingerprint density at radius 1 is 1.53 bits per heavy atom. The van der Waals surface area contributed by atoms with Crippen molar-refractivity contribution >= 4 is 15.7 Å². The molecule has 0 aromatic heterocycles. The highest BCUT2D eigenvalue weighted by atomic mass is 32.2. The van der Waals surface area contributed by atoms with Gasteiger partial charge in [0.1, 0.15) is 0 Å². The van der Waals surface area contributed by atoms with Gasteiger partial charge in [-0.2, -0.15) is 0 Å². The zero-order chi connectivity index (χ0) is 13.1. The van der Waals surface area contributed by atoms with Crippen LogP contribution in [0.25, 0.3) is 0 Å². The van der Waals surface area contributed by atoms with Gasteiger partial charge in [0.2, 0.25) is 5.91 Å². The summed E-state index contributed by atoms with van der Waals surface area (Å²) in [6, 6.07) is -0.168. The molecule has 0 radical (unpaired) electrons. The van der Waals surface area contributed by atoms with Gasteiger partial charge in [-0.15, -0.1) is 0 Å². The molecule has 5 nitrogen and oxygen atoms in total. The molecule has 1 fully saturated rings. The smallest absolute Gasteiger partial charge is 0.226 e. The molecule has 1 aliphatic heterocycles. The Balaban J connectivity index is 2.63. The molecule has 0 aliphatic carbocycles. The van der Waals surface area contributed by atoms with Gasteiger partial charge in [-0.05, 0) is 12.8 Å². The number of nitrogens with two attached hydrogens (primary N) is 1. The molecule has 6 heteroatoms. The topological polar surface area (TPSA) is 80.5 Å². The first kappa shape index (κ1) is 14.4. The maximum absolute atomic E-state index is 12.1. The molecule has 0 bridgehead atoms. The number of hydrogen-bond donors (Lipinski definition) is 1. The molecule has 2 unspecified atom stereocenters. The average Bonchev–Trinajstić information content (AvgIpc) is 2.64. The summed E-state index contributed by atoms with van der Waals surface area (Å²) in [6.07, 6.45) is 2.22. The Hall–Kier alpha value is -0.620. The van der Waals surface area contributed by atoms with Crippen molar-refractivity contribution in [3.63, 3.8) is 0 Å². The zero-order valence-electron chi connectivity index (χ0n) is 10.6. The third-order valence-corrected chi connectivity index (χ3v) is 5.12. The highest BCUT2D eigenvalue weighted by molar-refractivity contribution is 7.91. The van der Waals surface area contributed by atoms with E-state index in [9.17, 15) is 13.2 Å². The molecule has 1 saturated heterocycles. The number of sulfone groups is 1. The zero-order valence-corrected chi connectivity index (χ0v) is 11.4. The molecule has 100 valence electrons. The Morgan fingerprint density at radius 2 is 2.18 bits per heavy atom. The summed E-state index contributed by atoms with van der Waals surface area (Å²) in [5.41, 5.74) is 5.58. The molecule has 0 aromatic carbocycles. The van der Waals surface area contributed by atoms with Gasteiger partial charge in [-0.3, -0.25) is 4.79 Å². The quantitative estimate of drug-likeness (QED) is 0.756. The number of amides is 1. The van der Waals surface area contributed by atoms with Crippen LogP contribution in [-0.4, -0.2) is 50.4 Å². The van der Waals surface area contributed by atoms with Gasteiger partial charge in [0, 0.05) is 19.6 Å². The van der Waals surface area contributed by atoms with Gasteiger partial charge in [0.25, 0.3) is 0 Å². The number of carbonyl (C=O) groups is 1. The maximum Gasteiger partial charge on any atom is 0.226 e. The van der Waals surface area contributed by atoms with Crippen molar-refractivity contribution in [3.8, 4) is 0 Å². The van der Waals surface area contributed by atoms with Crippen LogP contribution in [0, 0.1) is 5.92 Å². The summed E-state index contributed by atoms with van der Waals surface area (Å²) in [6.45, 7) is 2.34. The molecule has 1 amide bonds. The van der Waals surface area contributed by atoms with E-state index in [1.54, 1.807) is 11.9 Å². The van der Waals surface area contributed by atoms with Crippen LogP contribution in [0.1, 0.15) is 26.2 Å². The molecule has 1 rings (SSSR count). The molecule has 1 aliphatic rings. The van der Waals surface area contributed by atoms with Crippen molar-refractivity contribution in [1.29, 1.82) is 0 Å². The van der Waals surface area contributed by atoms with E-state index in [2.05, 4.69) is 0 Å². The van der Waals surface area contributed by atoms with E-state index in [0.29, 0.717) is 13.0 Å². The van der Waals surface area contributed by atoms with E-state index in [0.717, 1.165) is 12.8 Å². The van der Waals surface area contributed by atoms with E-state index in [-0.39, 0.29) is 29.4 Å². The fourth-order valence-corrected chi connectivity index (χ4v) is 4.01. The summed E-state index contributed by atoms with van der Waals surface area (Å²) in [5.74, 6) is 0.0967. The minimum Gasteiger partial charge on any atom is -0.341 e. The summed E-state index contributed by atoms with van der Waals surface area (Å²) < 4.78 is 22.7. The third kappa shape index (κ3) is 3.67. The fraction of sp³-hybridized carbons (Fsp3) is 0.909. The van der Waals surface area contributed by atoms with Crippen LogP contribution in [0.15, 0.2) is 0 Å². The Kier molecular flexibility index (Phi) is 4.94. The summed E-state index contributed by atoms with van der Waals surface area (Å²) in [5, 5.41) is 0. The van der Waals surface area contributed by atoms with Crippen LogP contribution < -0.4 is 5.73 Å². The molecule has 17 heavy (non-hydrogen) atoms. The van der Waals surface area contributed by atoms with Crippen LogP contribution in [0.2, 0.25) is 0 Å². The minimum atomic E-state index is -2.94. The standard InChI is InChI=1S/C11H22N2O3S/c1-3-4-9(7-12)11(14)13(2)10-5-6-17(15,16)8-10/h9-10H,3-8,12H2,1-2H3. The van der Waals surface area contributed by atoms with Crippen molar-refractivity contribution in [2.75, 3.05) is 25.1 Å². The lowest BCUT2D eigenvalue weighted by molar-refractivity contribution is -0.135. The van der Waals surface area contributed by atoms with Gasteiger partial charge >= 0.3 is 0 Å². The van der Waals surface area contributed by atoms with E-state index in [1.165, 1.54) is 0 Å². The number of rotatable bonds is 5. The van der Waals surface area contributed by atoms with E-state index in [1.807, 2.05) is 6.92 Å². The van der Waals surface area contributed by atoms with Gasteiger partial charge in [-0.1, -0.05) is 13.3 Å². The van der Waals surface area contributed by atoms with Crippen LogP contribution in [0.4, 0.5) is 0 Å². The Labute approximate surface area is 103 Å². The second-order valence-corrected chi connectivity index (χ2v) is 6.96. The normalized spacial score (nSPS) is 24.5. The number of nitrogens with zero attached hydrogens (tertiary/aromatic N) is 1. The minimum absolute atomic E-state index is 0.0172. The third-order valence-electron chi connectivity index (χ3n) is 3.37. The van der Waals surface area contributed by atoms with Crippen molar-refractivity contribution < 1.29 is 13.2 Å². The molecule has 0 saturated carbocycles. The first-order valence-corrected chi connectivity index (χ1v) is 7.90. The highest BCUT2D eigenvalue weighted by Crippen LogP contribution is 2.19. The summed E-state index contributed by atoms with van der Waals surface area (Å²) in [7, 11) is -1.26. The highest BCUT2D eigenvalue weighted by Gasteiger charge is 2.34. The molecule has 1 heterocycles. The molecule has 0 spiro atoms. The Morgan fingerprint density at radius 3 is 2.59 bits per heavy atom. The lowest BCUT2D eigenvalue weighted by atomic mass is 10.0. The lowest BCUT2D eigenvalue weighted by Gasteiger charge is -2.27. The first-order chi connectivity index (χ1) is 7.91. The van der Waals surface area contributed by atoms with Gasteiger partial charge < -0.3 is 10.6 Å². The molecule has 2 N–H and O–H groups in total. The van der Waals surface area contributed by atoms with Crippen LogP contribution >= 0.6 is 0 Å². The van der Waals surface area contributed by atoms with Crippen LogP contribution in [0.3, 0.4) is 0 Å². The summed E-state index contributed by atoms with van der Waals surface area (Å²) in [4.78, 5) is 13.7. The average molecular weight is 262 g/mol. The predicted molar refractivity (Wildman–Crippen MR) is 67.3 cm³/mol. The first-order valence-electron chi connectivity index (χ1n) is 6.08. The van der Waals surface area contributed by atoms with Crippen LogP contribution in [-0.2, 0) is 14.6 Å². The van der Waals surface area contributed by atoms with Crippen LogP contribution in [0.5, 0.6) is 0 Å². The van der Waals surface area contributed by atoms with Crippen molar-refractivity contribution in [2.45, 2.75) is 32.2 Å². The molecule has 0 aromatic rings. The largest absolute Gasteiger partial charge is 0.341 e. The summed E-state index contributed by atoms with van der Waals surface area (Å²) >= 11 is 0. The van der Waals surface area contributed by atoms with E-state index >= 15 is 0 Å². The van der Waals surface area contributed by atoms with Gasteiger partial charge in [0.05, 0.1) is 17.4 Å². The SMILES string of the molecule is CCCC(CN)C(=O)N(C)C1CCS(=O)(=O)C1. The van der Waals surface area contributed by atoms with E-state index in [4.69, 9.17) is 5.73 Å². The molecular weight excluding hydrogens is 240 g/mol. The second-order valence-electron chi connectivity index (χ2n) is 4.73. The Bertz CT molecular complexity index is 367. The van der Waals surface area contributed by atoms with E-state index < -0.39 is 9.84 Å². The molecular formula is C11H22N2O3S. The van der Waals surface area contributed by atoms with Crippen molar-refractivity contribution in [2.24, 2.45) is 11.7 Å². The molecule has 2 atom stereocenters. The van der Waals surface area contributed by atoms with Gasteiger partial charge in [-0.25, -0.2) is 8.42 Å². The monoisotopic (exact) mass is 262 g/mol. The fourth-order valence-electron chi connectivity index (χ4n) is 2.24. The van der Waals surface area contributed by atoms with Crippen molar-refractivity contribution in [1.82, 2.24) is 4.90 Å². The van der Waals surface area contributed by atoms with Gasteiger partial charge in [0.15, 0.2) is 9.84 Å². The lowest BCUT2D eigenvalue weighted by Crippen LogP contribution is -2.43. The second kappa shape index (κ2) is 5.82. The number of carbonyl (C=O) groups excluding carboxylic acids is 1. The maximum atomic E-state index is 12.1. The predicted octanol–water partition coefficient (Wildman–Crippen LogP) is 0.00690. The number of hydrogen-bond acceptors (Lipinski definition) is 4. The van der Waals surface area contributed by atoms with Crippen molar-refractivity contribution in [3.05, 3.63) is 0 Å².